The minimum Gasteiger partial charge on any atom is -0.293 e. The molecular weight excluding hydrogens is 360 g/mol. The first kappa shape index (κ1) is 19.7. The van der Waals surface area contributed by atoms with Crippen molar-refractivity contribution in [2.45, 2.75) is 25.2 Å². The summed E-state index contributed by atoms with van der Waals surface area (Å²) in [7, 11) is -3.48. The Balaban J connectivity index is 1.60. The molecule has 0 bridgehead atoms. The number of hydrogen-bond acceptors (Lipinski definition) is 4. The Hall–Kier alpha value is -2.02. The molecule has 1 saturated heterocycles. The molecule has 1 fully saturated rings. The van der Waals surface area contributed by atoms with Gasteiger partial charge >= 0.3 is 0 Å². The molecular formula is C21H26N2O3S. The molecule has 0 unspecified atom stereocenters. The summed E-state index contributed by atoms with van der Waals surface area (Å²) in [5.74, 6) is 0.0767. The molecule has 0 aromatic heterocycles. The molecule has 1 heterocycles. The minimum atomic E-state index is -3.48. The standard InChI is InChI=1S/C21H26N2O3S/c1-3-18-8-10-19(11-9-18)20(24)16-22-12-14-23(15-13-22)27(25,26)21-7-5-4-6-17(21)2/h4-11H,3,12-16H2,1-2H3. The highest BCUT2D eigenvalue weighted by Crippen LogP contribution is 2.21. The van der Waals surface area contributed by atoms with E-state index in [0.29, 0.717) is 43.2 Å². The van der Waals surface area contributed by atoms with Crippen LogP contribution < -0.4 is 0 Å². The Kier molecular flexibility index (Phi) is 6.09. The average molecular weight is 387 g/mol. The van der Waals surface area contributed by atoms with Gasteiger partial charge in [0.15, 0.2) is 5.78 Å². The average Bonchev–Trinajstić information content (AvgIpc) is 2.68. The molecule has 5 nitrogen and oxygen atoms in total. The van der Waals surface area contributed by atoms with Gasteiger partial charge < -0.3 is 0 Å². The maximum atomic E-state index is 12.9. The monoisotopic (exact) mass is 386 g/mol. The van der Waals surface area contributed by atoms with Crippen LogP contribution in [-0.4, -0.2) is 56.1 Å². The summed E-state index contributed by atoms with van der Waals surface area (Å²) in [6, 6.07) is 14.8. The van der Waals surface area contributed by atoms with E-state index in [0.717, 1.165) is 12.0 Å². The van der Waals surface area contributed by atoms with Crippen molar-refractivity contribution in [2.75, 3.05) is 32.7 Å². The van der Waals surface area contributed by atoms with Crippen molar-refractivity contribution in [3.05, 3.63) is 65.2 Å². The molecule has 0 radical (unpaired) electrons. The molecule has 3 rings (SSSR count). The fraction of sp³-hybridized carbons (Fsp3) is 0.381. The van der Waals surface area contributed by atoms with Gasteiger partial charge in [0.2, 0.25) is 10.0 Å². The van der Waals surface area contributed by atoms with Crippen LogP contribution in [0.5, 0.6) is 0 Å². The van der Waals surface area contributed by atoms with E-state index in [1.807, 2.05) is 48.2 Å². The van der Waals surface area contributed by atoms with Crippen molar-refractivity contribution in [2.24, 2.45) is 0 Å². The largest absolute Gasteiger partial charge is 0.293 e. The lowest BCUT2D eigenvalue weighted by Crippen LogP contribution is -2.49. The topological polar surface area (TPSA) is 57.7 Å². The molecule has 0 saturated carbocycles. The zero-order chi connectivity index (χ0) is 19.4. The molecule has 144 valence electrons. The maximum absolute atomic E-state index is 12.9. The molecule has 1 aliphatic rings. The zero-order valence-electron chi connectivity index (χ0n) is 15.9. The van der Waals surface area contributed by atoms with Gasteiger partial charge in [0.1, 0.15) is 0 Å². The number of Topliss-reactive ketones (excluding diaryl/α,β-unsaturated/α-hetero) is 1. The molecule has 6 heteroatoms. The highest BCUT2D eigenvalue weighted by molar-refractivity contribution is 7.89. The molecule has 0 amide bonds. The van der Waals surface area contributed by atoms with Crippen LogP contribution in [0.1, 0.15) is 28.4 Å². The third-order valence-corrected chi connectivity index (χ3v) is 7.15. The summed E-state index contributed by atoms with van der Waals surface area (Å²) in [6.45, 7) is 6.14. The predicted molar refractivity (Wildman–Crippen MR) is 107 cm³/mol. The summed E-state index contributed by atoms with van der Waals surface area (Å²) in [5, 5.41) is 0. The fourth-order valence-electron chi connectivity index (χ4n) is 3.33. The third-order valence-electron chi connectivity index (χ3n) is 5.09. The first-order valence-electron chi connectivity index (χ1n) is 9.32. The van der Waals surface area contributed by atoms with Crippen LogP contribution in [0.15, 0.2) is 53.4 Å². The number of carbonyl (C=O) groups is 1. The summed E-state index contributed by atoms with van der Waals surface area (Å²) in [6.07, 6.45) is 0.950. The molecule has 1 aliphatic heterocycles. The lowest BCUT2D eigenvalue weighted by molar-refractivity contribution is 0.0901. The van der Waals surface area contributed by atoms with Gasteiger partial charge in [-0.05, 0) is 30.5 Å². The summed E-state index contributed by atoms with van der Waals surface area (Å²) >= 11 is 0. The number of nitrogens with zero attached hydrogens (tertiary/aromatic N) is 2. The number of ketones is 1. The van der Waals surface area contributed by atoms with Gasteiger partial charge in [-0.25, -0.2) is 8.42 Å². The van der Waals surface area contributed by atoms with Gasteiger partial charge in [0.25, 0.3) is 0 Å². The Morgan fingerprint density at radius 1 is 0.963 bits per heavy atom. The Morgan fingerprint density at radius 3 is 2.19 bits per heavy atom. The summed E-state index contributed by atoms with van der Waals surface area (Å²) < 4.78 is 27.2. The first-order chi connectivity index (χ1) is 12.9. The van der Waals surface area contributed by atoms with Crippen molar-refractivity contribution >= 4 is 15.8 Å². The third kappa shape index (κ3) is 4.46. The molecule has 2 aromatic carbocycles. The second-order valence-corrected chi connectivity index (χ2v) is 8.83. The number of piperazine rings is 1. The smallest absolute Gasteiger partial charge is 0.243 e. The lowest BCUT2D eigenvalue weighted by atomic mass is 10.1. The van der Waals surface area contributed by atoms with E-state index in [9.17, 15) is 13.2 Å². The van der Waals surface area contributed by atoms with Gasteiger partial charge in [-0.15, -0.1) is 0 Å². The minimum absolute atomic E-state index is 0.0767. The van der Waals surface area contributed by atoms with E-state index >= 15 is 0 Å². The second kappa shape index (κ2) is 8.33. The molecule has 2 aromatic rings. The zero-order valence-corrected chi connectivity index (χ0v) is 16.7. The van der Waals surface area contributed by atoms with Gasteiger partial charge in [-0.2, -0.15) is 4.31 Å². The van der Waals surface area contributed by atoms with Crippen LogP contribution in [-0.2, 0) is 16.4 Å². The number of aryl methyl sites for hydroxylation is 2. The lowest BCUT2D eigenvalue weighted by Gasteiger charge is -2.33. The molecule has 0 N–H and O–H groups in total. The van der Waals surface area contributed by atoms with Crippen molar-refractivity contribution < 1.29 is 13.2 Å². The maximum Gasteiger partial charge on any atom is 0.243 e. The van der Waals surface area contributed by atoms with Crippen molar-refractivity contribution in [1.82, 2.24) is 9.21 Å². The van der Waals surface area contributed by atoms with Crippen molar-refractivity contribution in [3.8, 4) is 0 Å². The number of sulfonamides is 1. The van der Waals surface area contributed by atoms with Crippen LogP contribution in [0.3, 0.4) is 0 Å². The second-order valence-electron chi connectivity index (χ2n) is 6.92. The fourth-order valence-corrected chi connectivity index (χ4v) is 4.98. The van der Waals surface area contributed by atoms with E-state index in [1.165, 1.54) is 9.87 Å². The molecule has 27 heavy (non-hydrogen) atoms. The Labute approximate surface area is 161 Å². The van der Waals surface area contributed by atoms with E-state index in [2.05, 4.69) is 6.92 Å². The van der Waals surface area contributed by atoms with Gasteiger partial charge in [0.05, 0.1) is 11.4 Å². The summed E-state index contributed by atoms with van der Waals surface area (Å²) in [5.41, 5.74) is 2.68. The normalized spacial score (nSPS) is 16.4. The Morgan fingerprint density at radius 2 is 1.59 bits per heavy atom. The highest BCUT2D eigenvalue weighted by atomic mass is 32.2. The van der Waals surface area contributed by atoms with Crippen LogP contribution in [0.2, 0.25) is 0 Å². The Bertz CT molecular complexity index is 899. The summed E-state index contributed by atoms with van der Waals surface area (Å²) in [4.78, 5) is 14.9. The van der Waals surface area contributed by atoms with Crippen molar-refractivity contribution in [3.63, 3.8) is 0 Å². The van der Waals surface area contributed by atoms with Crippen LogP contribution in [0.25, 0.3) is 0 Å². The predicted octanol–water partition coefficient (Wildman–Crippen LogP) is 2.75. The van der Waals surface area contributed by atoms with Gasteiger partial charge in [0, 0.05) is 31.7 Å². The first-order valence-corrected chi connectivity index (χ1v) is 10.8. The number of rotatable bonds is 6. The molecule has 0 atom stereocenters. The van der Waals surface area contributed by atoms with Crippen molar-refractivity contribution in [1.29, 1.82) is 0 Å². The van der Waals surface area contributed by atoms with Crippen LogP contribution in [0.4, 0.5) is 0 Å². The van der Waals surface area contributed by atoms with Crippen LogP contribution >= 0.6 is 0 Å². The number of carbonyl (C=O) groups excluding carboxylic acids is 1. The number of hydrogen-bond donors (Lipinski definition) is 0. The highest BCUT2D eigenvalue weighted by Gasteiger charge is 2.29. The molecule has 0 spiro atoms. The quantitative estimate of drug-likeness (QED) is 0.717. The number of benzene rings is 2. The van der Waals surface area contributed by atoms with Crippen LogP contribution in [0, 0.1) is 6.92 Å². The van der Waals surface area contributed by atoms with E-state index in [4.69, 9.17) is 0 Å². The van der Waals surface area contributed by atoms with Gasteiger partial charge in [-0.3, -0.25) is 9.69 Å². The van der Waals surface area contributed by atoms with E-state index in [1.54, 1.807) is 12.1 Å². The SMILES string of the molecule is CCc1ccc(C(=O)CN2CCN(S(=O)(=O)c3ccccc3C)CC2)cc1. The van der Waals surface area contributed by atoms with E-state index < -0.39 is 10.0 Å². The van der Waals surface area contributed by atoms with E-state index in [-0.39, 0.29) is 5.78 Å². The molecule has 0 aliphatic carbocycles. The van der Waals surface area contributed by atoms with Gasteiger partial charge in [-0.1, -0.05) is 49.4 Å².